The fraction of sp³-hybridized carbons (Fsp3) is 0.190. The summed E-state index contributed by atoms with van der Waals surface area (Å²) >= 11 is 0. The van der Waals surface area contributed by atoms with Crippen molar-refractivity contribution in [3.05, 3.63) is 89.4 Å². The number of sulfone groups is 1. The lowest BCUT2D eigenvalue weighted by Crippen LogP contribution is -2.26. The molecule has 3 aromatic rings. The molecule has 1 heterocycles. The Morgan fingerprint density at radius 3 is 2.33 bits per heavy atom. The van der Waals surface area contributed by atoms with E-state index in [1.54, 1.807) is 18.2 Å². The van der Waals surface area contributed by atoms with Crippen molar-refractivity contribution in [2.45, 2.75) is 30.5 Å². The summed E-state index contributed by atoms with van der Waals surface area (Å²) < 4.78 is 30.3. The van der Waals surface area contributed by atoms with Crippen LogP contribution in [0.2, 0.25) is 0 Å². The summed E-state index contributed by atoms with van der Waals surface area (Å²) in [6, 6.07) is 18.9. The van der Waals surface area contributed by atoms with Crippen LogP contribution in [0.4, 0.5) is 0 Å². The monoisotopic (exact) mass is 383 g/mol. The highest BCUT2D eigenvalue weighted by Gasteiger charge is 2.20. The number of hydrogen-bond donors (Lipinski definition) is 1. The lowest BCUT2D eigenvalue weighted by Gasteiger charge is -2.13. The highest BCUT2D eigenvalue weighted by Crippen LogP contribution is 2.19. The van der Waals surface area contributed by atoms with Gasteiger partial charge in [-0.1, -0.05) is 48.0 Å². The number of rotatable bonds is 6. The van der Waals surface area contributed by atoms with Crippen LogP contribution in [0.15, 0.2) is 76.0 Å². The van der Waals surface area contributed by atoms with Gasteiger partial charge in [-0.3, -0.25) is 4.79 Å². The van der Waals surface area contributed by atoms with E-state index in [1.165, 1.54) is 24.3 Å². The van der Waals surface area contributed by atoms with Crippen molar-refractivity contribution in [1.82, 2.24) is 5.32 Å². The second-order valence-corrected chi connectivity index (χ2v) is 8.43. The highest BCUT2D eigenvalue weighted by molar-refractivity contribution is 7.90. The van der Waals surface area contributed by atoms with E-state index in [9.17, 15) is 13.2 Å². The van der Waals surface area contributed by atoms with Gasteiger partial charge in [0, 0.05) is 0 Å². The van der Waals surface area contributed by atoms with Gasteiger partial charge in [-0.25, -0.2) is 8.42 Å². The molecule has 0 aliphatic rings. The maximum absolute atomic E-state index is 12.4. The van der Waals surface area contributed by atoms with Crippen molar-refractivity contribution in [3.63, 3.8) is 0 Å². The van der Waals surface area contributed by atoms with Crippen LogP contribution in [-0.2, 0) is 15.6 Å². The SMILES string of the molecule is Cc1ccc(C(C)NC(=O)c2ccc(CS(=O)(=O)c3ccccc3)o2)cc1. The zero-order valence-electron chi connectivity index (χ0n) is 15.2. The van der Waals surface area contributed by atoms with Gasteiger partial charge < -0.3 is 9.73 Å². The van der Waals surface area contributed by atoms with Crippen LogP contribution in [0.1, 0.15) is 40.4 Å². The predicted octanol–water partition coefficient (Wildman–Crippen LogP) is 4.05. The van der Waals surface area contributed by atoms with E-state index in [0.29, 0.717) is 0 Å². The first-order chi connectivity index (χ1) is 12.8. The summed E-state index contributed by atoms with van der Waals surface area (Å²) in [5.41, 5.74) is 2.12. The highest BCUT2D eigenvalue weighted by atomic mass is 32.2. The topological polar surface area (TPSA) is 76.4 Å². The summed E-state index contributed by atoms with van der Waals surface area (Å²) in [7, 11) is -3.52. The third-order valence-electron chi connectivity index (χ3n) is 4.24. The number of benzene rings is 2. The van der Waals surface area contributed by atoms with Crippen LogP contribution in [-0.4, -0.2) is 14.3 Å². The summed E-state index contributed by atoms with van der Waals surface area (Å²) in [5.74, 6) is -0.358. The molecule has 0 bridgehead atoms. The number of aryl methyl sites for hydroxylation is 1. The maximum Gasteiger partial charge on any atom is 0.287 e. The van der Waals surface area contributed by atoms with Gasteiger partial charge in [-0.05, 0) is 43.7 Å². The molecule has 1 amide bonds. The largest absolute Gasteiger partial charge is 0.455 e. The van der Waals surface area contributed by atoms with Gasteiger partial charge in [0.25, 0.3) is 5.91 Å². The number of hydrogen-bond acceptors (Lipinski definition) is 4. The Balaban J connectivity index is 1.68. The number of amides is 1. The third-order valence-corrected chi connectivity index (χ3v) is 5.90. The van der Waals surface area contributed by atoms with Gasteiger partial charge in [0.2, 0.25) is 0 Å². The Hall–Kier alpha value is -2.86. The molecule has 140 valence electrons. The molecule has 0 aliphatic heterocycles. The smallest absolute Gasteiger partial charge is 0.287 e. The standard InChI is InChI=1S/C21H21NO4S/c1-15-8-10-17(11-9-15)16(2)22-21(23)20-13-12-18(26-20)14-27(24,25)19-6-4-3-5-7-19/h3-13,16H,14H2,1-2H3,(H,22,23). The van der Waals surface area contributed by atoms with Gasteiger partial charge in [-0.2, -0.15) is 0 Å². The first-order valence-corrected chi connectivity index (χ1v) is 10.2. The molecular formula is C21H21NO4S. The number of nitrogens with one attached hydrogen (secondary N) is 1. The first kappa shape index (κ1) is 18.9. The Kier molecular flexibility index (Phi) is 5.46. The van der Waals surface area contributed by atoms with E-state index in [-0.39, 0.29) is 34.1 Å². The quantitative estimate of drug-likeness (QED) is 0.697. The number of carbonyl (C=O) groups is 1. The molecule has 1 N–H and O–H groups in total. The normalized spacial score (nSPS) is 12.5. The molecule has 0 saturated carbocycles. The van der Waals surface area contributed by atoms with Crippen LogP contribution >= 0.6 is 0 Å². The zero-order valence-corrected chi connectivity index (χ0v) is 16.0. The van der Waals surface area contributed by atoms with Crippen LogP contribution in [0.25, 0.3) is 0 Å². The second kappa shape index (κ2) is 7.80. The van der Waals surface area contributed by atoms with Crippen molar-refractivity contribution >= 4 is 15.7 Å². The van der Waals surface area contributed by atoms with Gasteiger partial charge in [0.15, 0.2) is 15.6 Å². The Bertz CT molecular complexity index is 1020. The van der Waals surface area contributed by atoms with E-state index < -0.39 is 9.84 Å². The molecule has 27 heavy (non-hydrogen) atoms. The van der Waals surface area contributed by atoms with Gasteiger partial charge >= 0.3 is 0 Å². The molecule has 0 fully saturated rings. The minimum atomic E-state index is -3.52. The molecule has 6 heteroatoms. The molecule has 1 aromatic heterocycles. The molecule has 0 radical (unpaired) electrons. The summed E-state index contributed by atoms with van der Waals surface area (Å²) in [6.07, 6.45) is 0. The molecule has 2 aromatic carbocycles. The molecule has 3 rings (SSSR count). The average molecular weight is 383 g/mol. The Morgan fingerprint density at radius 1 is 1.00 bits per heavy atom. The van der Waals surface area contributed by atoms with Crippen molar-refractivity contribution in [2.75, 3.05) is 0 Å². The summed E-state index contributed by atoms with van der Waals surface area (Å²) in [6.45, 7) is 3.88. The number of furan rings is 1. The van der Waals surface area contributed by atoms with Crippen LogP contribution in [0.5, 0.6) is 0 Å². The minimum absolute atomic E-state index is 0.0900. The molecule has 0 spiro atoms. The van der Waals surface area contributed by atoms with Gasteiger partial charge in [-0.15, -0.1) is 0 Å². The van der Waals surface area contributed by atoms with Gasteiger partial charge in [0.05, 0.1) is 10.9 Å². The second-order valence-electron chi connectivity index (χ2n) is 6.44. The number of carbonyl (C=O) groups excluding carboxylic acids is 1. The lowest BCUT2D eigenvalue weighted by atomic mass is 10.1. The van der Waals surface area contributed by atoms with Crippen LogP contribution in [0.3, 0.4) is 0 Å². The Morgan fingerprint density at radius 2 is 1.67 bits per heavy atom. The van der Waals surface area contributed by atoms with E-state index in [1.807, 2.05) is 38.1 Å². The van der Waals surface area contributed by atoms with E-state index in [4.69, 9.17) is 4.42 Å². The third kappa shape index (κ3) is 4.65. The fourth-order valence-corrected chi connectivity index (χ4v) is 3.95. The molecule has 1 atom stereocenters. The summed E-state index contributed by atoms with van der Waals surface area (Å²) in [5, 5.41) is 2.86. The van der Waals surface area contributed by atoms with Crippen LogP contribution < -0.4 is 5.32 Å². The maximum atomic E-state index is 12.4. The average Bonchev–Trinajstić information content (AvgIpc) is 3.11. The first-order valence-electron chi connectivity index (χ1n) is 8.59. The van der Waals surface area contributed by atoms with Crippen LogP contribution in [0, 0.1) is 6.92 Å². The van der Waals surface area contributed by atoms with Crippen molar-refractivity contribution in [3.8, 4) is 0 Å². The van der Waals surface area contributed by atoms with Crippen molar-refractivity contribution in [1.29, 1.82) is 0 Å². The molecule has 5 nitrogen and oxygen atoms in total. The summed E-state index contributed by atoms with van der Waals surface area (Å²) in [4.78, 5) is 12.6. The zero-order chi connectivity index (χ0) is 19.4. The fourth-order valence-electron chi connectivity index (χ4n) is 2.68. The molecule has 1 unspecified atom stereocenters. The van der Waals surface area contributed by atoms with E-state index in [2.05, 4.69) is 5.32 Å². The molecule has 0 saturated heterocycles. The van der Waals surface area contributed by atoms with Crippen molar-refractivity contribution in [2.24, 2.45) is 0 Å². The minimum Gasteiger partial charge on any atom is -0.455 e. The Labute approximate surface area is 159 Å². The van der Waals surface area contributed by atoms with E-state index in [0.717, 1.165) is 11.1 Å². The molecular weight excluding hydrogens is 362 g/mol. The molecule has 0 aliphatic carbocycles. The van der Waals surface area contributed by atoms with Gasteiger partial charge in [0.1, 0.15) is 11.5 Å². The lowest BCUT2D eigenvalue weighted by molar-refractivity contribution is 0.0910. The van der Waals surface area contributed by atoms with Crippen molar-refractivity contribution < 1.29 is 17.6 Å². The van der Waals surface area contributed by atoms with E-state index >= 15 is 0 Å². The predicted molar refractivity (Wildman–Crippen MR) is 103 cm³/mol.